The summed E-state index contributed by atoms with van der Waals surface area (Å²) in [5, 5.41) is 19.1. The summed E-state index contributed by atoms with van der Waals surface area (Å²) >= 11 is 0. The van der Waals surface area contributed by atoms with E-state index < -0.39 is 11.2 Å². The Morgan fingerprint density at radius 3 is 1.60 bits per heavy atom. The molecule has 60 valence electrons. The van der Waals surface area contributed by atoms with Crippen LogP contribution in [0, 0.1) is 0 Å². The summed E-state index contributed by atoms with van der Waals surface area (Å²) in [6, 6.07) is 0. The smallest absolute Gasteiger partial charge is 0.0647 e. The molecule has 2 atom stereocenters. The van der Waals surface area contributed by atoms with E-state index in [-0.39, 0.29) is 0 Å². The SMILES string of the molecule is CC1(O)CCCC(C)(O)C1. The molecular formula is C8H16O2. The summed E-state index contributed by atoms with van der Waals surface area (Å²) < 4.78 is 0. The highest BCUT2D eigenvalue weighted by atomic mass is 16.3. The summed E-state index contributed by atoms with van der Waals surface area (Å²) in [6.07, 6.45) is 3.09. The highest BCUT2D eigenvalue weighted by Crippen LogP contribution is 2.34. The van der Waals surface area contributed by atoms with Crippen molar-refractivity contribution >= 4 is 0 Å². The van der Waals surface area contributed by atoms with E-state index in [2.05, 4.69) is 0 Å². The van der Waals surface area contributed by atoms with E-state index in [0.717, 1.165) is 19.3 Å². The molecule has 0 aromatic carbocycles. The summed E-state index contributed by atoms with van der Waals surface area (Å²) in [5.41, 5.74) is -1.27. The van der Waals surface area contributed by atoms with Crippen molar-refractivity contribution < 1.29 is 10.2 Å². The minimum absolute atomic E-state index is 0.514. The van der Waals surface area contributed by atoms with Crippen LogP contribution in [0.15, 0.2) is 0 Å². The molecular weight excluding hydrogens is 128 g/mol. The molecule has 1 rings (SSSR count). The molecule has 1 aliphatic rings. The normalized spacial score (nSPS) is 49.2. The monoisotopic (exact) mass is 144 g/mol. The van der Waals surface area contributed by atoms with Gasteiger partial charge in [0.15, 0.2) is 0 Å². The molecule has 0 aromatic heterocycles. The van der Waals surface area contributed by atoms with Crippen LogP contribution in [0.5, 0.6) is 0 Å². The minimum atomic E-state index is -0.637. The third-order valence-corrected chi connectivity index (χ3v) is 2.19. The van der Waals surface area contributed by atoms with E-state index in [1.54, 1.807) is 13.8 Å². The first kappa shape index (κ1) is 8.02. The molecule has 1 fully saturated rings. The maximum Gasteiger partial charge on any atom is 0.0647 e. The lowest BCUT2D eigenvalue weighted by Crippen LogP contribution is -2.41. The molecule has 0 bridgehead atoms. The van der Waals surface area contributed by atoms with Gasteiger partial charge >= 0.3 is 0 Å². The van der Waals surface area contributed by atoms with Crippen LogP contribution >= 0.6 is 0 Å². The Kier molecular flexibility index (Phi) is 1.77. The molecule has 0 radical (unpaired) electrons. The number of aliphatic hydroxyl groups is 2. The highest BCUT2D eigenvalue weighted by molar-refractivity contribution is 4.89. The number of hydrogen-bond donors (Lipinski definition) is 2. The lowest BCUT2D eigenvalue weighted by atomic mass is 9.77. The average Bonchev–Trinajstić information content (AvgIpc) is 1.56. The third kappa shape index (κ3) is 1.96. The zero-order valence-corrected chi connectivity index (χ0v) is 6.72. The van der Waals surface area contributed by atoms with Crippen molar-refractivity contribution in [3.8, 4) is 0 Å². The molecule has 0 aliphatic heterocycles. The molecule has 1 aliphatic carbocycles. The van der Waals surface area contributed by atoms with Gasteiger partial charge in [0.25, 0.3) is 0 Å². The second kappa shape index (κ2) is 2.21. The van der Waals surface area contributed by atoms with Crippen LogP contribution in [0.1, 0.15) is 39.5 Å². The zero-order valence-electron chi connectivity index (χ0n) is 6.72. The molecule has 2 N–H and O–H groups in total. The average molecular weight is 144 g/mol. The van der Waals surface area contributed by atoms with Gasteiger partial charge in [0, 0.05) is 6.42 Å². The Morgan fingerprint density at radius 2 is 1.40 bits per heavy atom. The fourth-order valence-corrected chi connectivity index (χ4v) is 1.85. The van der Waals surface area contributed by atoms with Crippen molar-refractivity contribution in [1.82, 2.24) is 0 Å². The van der Waals surface area contributed by atoms with Gasteiger partial charge in [-0.15, -0.1) is 0 Å². The second-order valence-electron chi connectivity index (χ2n) is 4.02. The Bertz CT molecular complexity index is 113. The van der Waals surface area contributed by atoms with E-state index in [4.69, 9.17) is 0 Å². The number of hydrogen-bond acceptors (Lipinski definition) is 2. The molecule has 0 amide bonds. The summed E-state index contributed by atoms with van der Waals surface area (Å²) in [6.45, 7) is 3.58. The maximum absolute atomic E-state index is 9.55. The molecule has 0 heterocycles. The van der Waals surface area contributed by atoms with Gasteiger partial charge in [0.2, 0.25) is 0 Å². The standard InChI is InChI=1S/C8H16O2/c1-7(9)4-3-5-8(2,10)6-7/h9-10H,3-6H2,1-2H3. The van der Waals surface area contributed by atoms with Crippen LogP contribution in [0.2, 0.25) is 0 Å². The van der Waals surface area contributed by atoms with Crippen LogP contribution in [0.25, 0.3) is 0 Å². The van der Waals surface area contributed by atoms with Crippen molar-refractivity contribution in [3.63, 3.8) is 0 Å². The van der Waals surface area contributed by atoms with Gasteiger partial charge in [0.1, 0.15) is 0 Å². The highest BCUT2D eigenvalue weighted by Gasteiger charge is 2.36. The Hall–Kier alpha value is -0.0800. The molecule has 0 aromatic rings. The molecule has 2 nitrogen and oxygen atoms in total. The lowest BCUT2D eigenvalue weighted by molar-refractivity contribution is -0.0812. The van der Waals surface area contributed by atoms with Crippen LogP contribution in [0.3, 0.4) is 0 Å². The predicted molar refractivity (Wildman–Crippen MR) is 39.7 cm³/mol. The van der Waals surface area contributed by atoms with Gasteiger partial charge < -0.3 is 10.2 Å². The van der Waals surface area contributed by atoms with Gasteiger partial charge in [-0.3, -0.25) is 0 Å². The predicted octanol–water partition coefficient (Wildman–Crippen LogP) is 1.06. The third-order valence-electron chi connectivity index (χ3n) is 2.19. The zero-order chi connectivity index (χ0) is 7.83. The van der Waals surface area contributed by atoms with E-state index in [1.807, 2.05) is 0 Å². The fourth-order valence-electron chi connectivity index (χ4n) is 1.85. The van der Waals surface area contributed by atoms with Crippen LogP contribution in [0.4, 0.5) is 0 Å². The maximum atomic E-state index is 9.55. The summed E-state index contributed by atoms with van der Waals surface area (Å²) in [5.74, 6) is 0. The molecule has 2 heteroatoms. The van der Waals surface area contributed by atoms with Gasteiger partial charge in [-0.1, -0.05) is 0 Å². The first-order valence-corrected chi connectivity index (χ1v) is 3.86. The van der Waals surface area contributed by atoms with E-state index >= 15 is 0 Å². The topological polar surface area (TPSA) is 40.5 Å². The fraction of sp³-hybridized carbons (Fsp3) is 1.00. The van der Waals surface area contributed by atoms with Crippen LogP contribution < -0.4 is 0 Å². The van der Waals surface area contributed by atoms with Crippen LogP contribution in [-0.4, -0.2) is 21.4 Å². The first-order chi connectivity index (χ1) is 4.41. The quantitative estimate of drug-likeness (QED) is 0.533. The van der Waals surface area contributed by atoms with E-state index in [9.17, 15) is 10.2 Å². The van der Waals surface area contributed by atoms with Crippen molar-refractivity contribution in [2.75, 3.05) is 0 Å². The van der Waals surface area contributed by atoms with Crippen LogP contribution in [-0.2, 0) is 0 Å². The van der Waals surface area contributed by atoms with E-state index in [1.165, 1.54) is 0 Å². The molecule has 10 heavy (non-hydrogen) atoms. The first-order valence-electron chi connectivity index (χ1n) is 3.86. The molecule has 1 saturated carbocycles. The number of rotatable bonds is 0. The van der Waals surface area contributed by atoms with Gasteiger partial charge in [-0.2, -0.15) is 0 Å². The van der Waals surface area contributed by atoms with Crippen molar-refractivity contribution in [1.29, 1.82) is 0 Å². The molecule has 0 saturated heterocycles. The van der Waals surface area contributed by atoms with Crippen molar-refractivity contribution in [2.24, 2.45) is 0 Å². The minimum Gasteiger partial charge on any atom is -0.390 e. The lowest BCUT2D eigenvalue weighted by Gasteiger charge is -2.37. The van der Waals surface area contributed by atoms with Gasteiger partial charge in [-0.25, -0.2) is 0 Å². The molecule has 2 unspecified atom stereocenters. The summed E-state index contributed by atoms with van der Waals surface area (Å²) in [4.78, 5) is 0. The van der Waals surface area contributed by atoms with Crippen molar-refractivity contribution in [3.05, 3.63) is 0 Å². The largest absolute Gasteiger partial charge is 0.390 e. The van der Waals surface area contributed by atoms with E-state index in [0.29, 0.717) is 6.42 Å². The Labute approximate surface area is 61.9 Å². The Morgan fingerprint density at radius 1 is 1.00 bits per heavy atom. The van der Waals surface area contributed by atoms with Gasteiger partial charge in [0.05, 0.1) is 11.2 Å². The molecule has 0 spiro atoms. The van der Waals surface area contributed by atoms with Crippen molar-refractivity contribution in [2.45, 2.75) is 50.7 Å². The second-order valence-corrected chi connectivity index (χ2v) is 4.02. The van der Waals surface area contributed by atoms with Gasteiger partial charge in [-0.05, 0) is 33.1 Å². The summed E-state index contributed by atoms with van der Waals surface area (Å²) in [7, 11) is 0. The Balaban J connectivity index is 2.56.